The molecule has 0 amide bonds. The Bertz CT molecular complexity index is 364. The summed E-state index contributed by atoms with van der Waals surface area (Å²) in [7, 11) is 0. The fourth-order valence-corrected chi connectivity index (χ4v) is 2.98. The zero-order chi connectivity index (χ0) is 12.8. The van der Waals surface area contributed by atoms with E-state index in [0.29, 0.717) is 6.04 Å². The molecule has 1 heterocycles. The Morgan fingerprint density at radius 2 is 2.11 bits per heavy atom. The lowest BCUT2D eigenvalue weighted by Crippen LogP contribution is -2.38. The number of hydrogen-bond donors (Lipinski definition) is 1. The first kappa shape index (κ1) is 13.6. The zero-order valence-electron chi connectivity index (χ0n) is 10.8. The average molecular weight is 268 g/mol. The Kier molecular flexibility index (Phi) is 5.26. The minimum Gasteiger partial charge on any atom is -0.367 e. The molecule has 0 aliphatic heterocycles. The van der Waals surface area contributed by atoms with Gasteiger partial charge in [0.2, 0.25) is 0 Å². The maximum Gasteiger partial charge on any atom is 0.0822 e. The van der Waals surface area contributed by atoms with E-state index >= 15 is 0 Å². The molecule has 1 aliphatic carbocycles. The van der Waals surface area contributed by atoms with Crippen LogP contribution in [0.3, 0.4) is 0 Å². The molecule has 4 heteroatoms. The normalized spacial score (nSPS) is 16.8. The van der Waals surface area contributed by atoms with Crippen molar-refractivity contribution >= 4 is 17.3 Å². The topological polar surface area (TPSA) is 42.1 Å². The fraction of sp³-hybridized carbons (Fsp3) is 0.643. The third-order valence-electron chi connectivity index (χ3n) is 3.68. The molecule has 18 heavy (non-hydrogen) atoms. The highest BCUT2D eigenvalue weighted by Crippen LogP contribution is 2.31. The number of halogens is 1. The van der Waals surface area contributed by atoms with Gasteiger partial charge in [0.05, 0.1) is 10.7 Å². The van der Waals surface area contributed by atoms with Crippen molar-refractivity contribution in [1.29, 1.82) is 0 Å². The van der Waals surface area contributed by atoms with Crippen LogP contribution in [-0.2, 0) is 0 Å². The van der Waals surface area contributed by atoms with Gasteiger partial charge in [-0.3, -0.25) is 4.98 Å². The lowest BCUT2D eigenvalue weighted by Gasteiger charge is -2.36. The molecule has 0 bridgehead atoms. The van der Waals surface area contributed by atoms with Crippen molar-refractivity contribution in [2.45, 2.75) is 44.6 Å². The lowest BCUT2D eigenvalue weighted by atomic mass is 9.93. The van der Waals surface area contributed by atoms with Gasteiger partial charge in [-0.15, -0.1) is 0 Å². The van der Waals surface area contributed by atoms with Crippen molar-refractivity contribution in [3.63, 3.8) is 0 Å². The molecule has 0 saturated heterocycles. The molecule has 0 atom stereocenters. The predicted octanol–water partition coefficient (Wildman–Crippen LogP) is 3.22. The highest BCUT2D eigenvalue weighted by molar-refractivity contribution is 6.33. The van der Waals surface area contributed by atoms with Gasteiger partial charge in [-0.1, -0.05) is 30.9 Å². The SMILES string of the molecule is NCCCN(c1ccncc1Cl)C1CCCCC1. The van der Waals surface area contributed by atoms with Gasteiger partial charge in [0.15, 0.2) is 0 Å². The van der Waals surface area contributed by atoms with Crippen LogP contribution in [0.5, 0.6) is 0 Å². The predicted molar refractivity (Wildman–Crippen MR) is 77.1 cm³/mol. The molecule has 100 valence electrons. The van der Waals surface area contributed by atoms with Crippen molar-refractivity contribution in [2.24, 2.45) is 5.73 Å². The number of rotatable bonds is 5. The summed E-state index contributed by atoms with van der Waals surface area (Å²) < 4.78 is 0. The summed E-state index contributed by atoms with van der Waals surface area (Å²) in [4.78, 5) is 6.51. The molecule has 1 aliphatic rings. The molecule has 1 aromatic heterocycles. The van der Waals surface area contributed by atoms with Crippen molar-refractivity contribution in [3.8, 4) is 0 Å². The first-order valence-electron chi connectivity index (χ1n) is 6.89. The number of nitrogens with zero attached hydrogens (tertiary/aromatic N) is 2. The monoisotopic (exact) mass is 267 g/mol. The second-order valence-electron chi connectivity index (χ2n) is 4.95. The van der Waals surface area contributed by atoms with E-state index < -0.39 is 0 Å². The second kappa shape index (κ2) is 6.95. The summed E-state index contributed by atoms with van der Waals surface area (Å²) in [5.41, 5.74) is 6.77. The first-order valence-corrected chi connectivity index (χ1v) is 7.27. The fourth-order valence-electron chi connectivity index (χ4n) is 2.75. The lowest BCUT2D eigenvalue weighted by molar-refractivity contribution is 0.413. The highest BCUT2D eigenvalue weighted by atomic mass is 35.5. The van der Waals surface area contributed by atoms with E-state index in [1.165, 1.54) is 32.1 Å². The van der Waals surface area contributed by atoms with Crippen LogP contribution in [0.2, 0.25) is 5.02 Å². The van der Waals surface area contributed by atoms with Crippen LogP contribution in [0, 0.1) is 0 Å². The van der Waals surface area contributed by atoms with E-state index in [-0.39, 0.29) is 0 Å². The maximum absolute atomic E-state index is 6.28. The molecule has 0 radical (unpaired) electrons. The van der Waals surface area contributed by atoms with E-state index in [4.69, 9.17) is 17.3 Å². The van der Waals surface area contributed by atoms with E-state index in [2.05, 4.69) is 9.88 Å². The molecule has 1 aromatic rings. The van der Waals surface area contributed by atoms with Gasteiger partial charge in [-0.25, -0.2) is 0 Å². The quantitative estimate of drug-likeness (QED) is 0.891. The van der Waals surface area contributed by atoms with Crippen molar-refractivity contribution in [3.05, 3.63) is 23.5 Å². The van der Waals surface area contributed by atoms with Crippen LogP contribution in [0.4, 0.5) is 5.69 Å². The summed E-state index contributed by atoms with van der Waals surface area (Å²) in [5.74, 6) is 0. The summed E-state index contributed by atoms with van der Waals surface area (Å²) in [6.45, 7) is 1.72. The molecule has 1 fully saturated rings. The molecular formula is C14H22ClN3. The molecular weight excluding hydrogens is 246 g/mol. The Hall–Kier alpha value is -0.800. The molecule has 0 unspecified atom stereocenters. The van der Waals surface area contributed by atoms with E-state index in [1.54, 1.807) is 6.20 Å². The van der Waals surface area contributed by atoms with E-state index in [9.17, 15) is 0 Å². The van der Waals surface area contributed by atoms with E-state index in [1.807, 2.05) is 12.3 Å². The van der Waals surface area contributed by atoms with Gasteiger partial charge in [0.25, 0.3) is 0 Å². The Balaban J connectivity index is 2.15. The largest absolute Gasteiger partial charge is 0.367 e. The molecule has 3 nitrogen and oxygen atoms in total. The molecule has 0 aromatic carbocycles. The summed E-state index contributed by atoms with van der Waals surface area (Å²) in [6.07, 6.45) is 11.1. The van der Waals surface area contributed by atoms with Crippen LogP contribution in [0.15, 0.2) is 18.5 Å². The van der Waals surface area contributed by atoms with Gasteiger partial charge in [-0.05, 0) is 31.9 Å². The van der Waals surface area contributed by atoms with Gasteiger partial charge >= 0.3 is 0 Å². The Morgan fingerprint density at radius 3 is 2.78 bits per heavy atom. The first-order chi connectivity index (χ1) is 8.83. The third-order valence-corrected chi connectivity index (χ3v) is 3.97. The van der Waals surface area contributed by atoms with Crippen molar-refractivity contribution in [2.75, 3.05) is 18.0 Å². The van der Waals surface area contributed by atoms with Crippen LogP contribution < -0.4 is 10.6 Å². The van der Waals surface area contributed by atoms with Gasteiger partial charge in [0.1, 0.15) is 0 Å². The summed E-state index contributed by atoms with van der Waals surface area (Å²) in [6, 6.07) is 2.64. The number of aromatic nitrogens is 1. The van der Waals surface area contributed by atoms with Gasteiger partial charge in [0, 0.05) is 25.0 Å². The van der Waals surface area contributed by atoms with Gasteiger partial charge in [-0.2, -0.15) is 0 Å². The standard InChI is InChI=1S/C14H22ClN3/c15-13-11-17-9-7-14(13)18(10-4-8-16)12-5-2-1-3-6-12/h7,9,11-12H,1-6,8,10,16H2. The third kappa shape index (κ3) is 3.36. The minimum absolute atomic E-state index is 0.616. The van der Waals surface area contributed by atoms with Crippen LogP contribution in [-0.4, -0.2) is 24.1 Å². The number of nitrogens with two attached hydrogens (primary N) is 1. The number of pyridine rings is 1. The molecule has 0 spiro atoms. The number of hydrogen-bond acceptors (Lipinski definition) is 3. The highest BCUT2D eigenvalue weighted by Gasteiger charge is 2.22. The van der Waals surface area contributed by atoms with E-state index in [0.717, 1.165) is 30.2 Å². The average Bonchev–Trinajstić information content (AvgIpc) is 2.42. The van der Waals surface area contributed by atoms with Crippen LogP contribution in [0.25, 0.3) is 0 Å². The smallest absolute Gasteiger partial charge is 0.0822 e. The minimum atomic E-state index is 0.616. The van der Waals surface area contributed by atoms with Crippen molar-refractivity contribution < 1.29 is 0 Å². The Morgan fingerprint density at radius 1 is 1.33 bits per heavy atom. The Labute approximate surface area is 114 Å². The van der Waals surface area contributed by atoms with Crippen LogP contribution >= 0.6 is 11.6 Å². The van der Waals surface area contributed by atoms with Crippen LogP contribution in [0.1, 0.15) is 38.5 Å². The van der Waals surface area contributed by atoms with Gasteiger partial charge < -0.3 is 10.6 Å². The maximum atomic E-state index is 6.28. The summed E-state index contributed by atoms with van der Waals surface area (Å²) in [5, 5.41) is 0.750. The number of anilines is 1. The second-order valence-corrected chi connectivity index (χ2v) is 5.36. The molecule has 2 N–H and O–H groups in total. The van der Waals surface area contributed by atoms with Crippen molar-refractivity contribution in [1.82, 2.24) is 4.98 Å². The molecule has 2 rings (SSSR count). The zero-order valence-corrected chi connectivity index (χ0v) is 11.6. The summed E-state index contributed by atoms with van der Waals surface area (Å²) >= 11 is 6.28. The molecule has 1 saturated carbocycles.